The van der Waals surface area contributed by atoms with E-state index in [1.807, 2.05) is 0 Å². The van der Waals surface area contributed by atoms with Crippen molar-refractivity contribution in [2.24, 2.45) is 0 Å². The lowest BCUT2D eigenvalue weighted by Gasteiger charge is -2.07. The largest absolute Gasteiger partial charge is 0.433 e. The van der Waals surface area contributed by atoms with Crippen LogP contribution in [0.15, 0.2) is 10.9 Å². The molecule has 0 bridgehead atoms. The predicted octanol–water partition coefficient (Wildman–Crippen LogP) is 1.22. The van der Waals surface area contributed by atoms with E-state index >= 15 is 0 Å². The predicted molar refractivity (Wildman–Crippen MR) is 44.0 cm³/mol. The summed E-state index contributed by atoms with van der Waals surface area (Å²) in [6, 6.07) is 0.417. The summed E-state index contributed by atoms with van der Waals surface area (Å²) in [5, 5.41) is 2.49. The van der Waals surface area contributed by atoms with E-state index in [2.05, 4.69) is 15.3 Å². The Morgan fingerprint density at radius 3 is 2.71 bits per heavy atom. The van der Waals surface area contributed by atoms with E-state index in [9.17, 15) is 18.0 Å². The molecule has 4 nitrogen and oxygen atoms in total. The summed E-state index contributed by atoms with van der Waals surface area (Å²) in [7, 11) is 0. The Bertz CT molecular complexity index is 371. The van der Waals surface area contributed by atoms with Gasteiger partial charge in [0, 0.05) is 12.6 Å². The van der Waals surface area contributed by atoms with Crippen LogP contribution in [0.3, 0.4) is 0 Å². The number of alkyl halides is 3. The molecule has 0 aliphatic rings. The van der Waals surface area contributed by atoms with Crippen molar-refractivity contribution in [3.8, 4) is 0 Å². The van der Waals surface area contributed by atoms with Crippen LogP contribution in [0.5, 0.6) is 0 Å². The second-order valence-electron chi connectivity index (χ2n) is 2.51. The van der Waals surface area contributed by atoms with Crippen LogP contribution in [0.25, 0.3) is 0 Å². The first kappa shape index (κ1) is 10.6. The molecule has 1 aromatic heterocycles. The molecule has 1 rings (SSSR count). The molecule has 7 heteroatoms. The second kappa shape index (κ2) is 3.69. The molecular formula is C7H8F3N3O. The van der Waals surface area contributed by atoms with E-state index in [1.165, 1.54) is 0 Å². The van der Waals surface area contributed by atoms with Crippen LogP contribution < -0.4 is 10.9 Å². The third-order valence-electron chi connectivity index (χ3n) is 1.38. The van der Waals surface area contributed by atoms with Crippen molar-refractivity contribution < 1.29 is 13.2 Å². The maximum absolute atomic E-state index is 12.1. The monoisotopic (exact) mass is 207 g/mol. The summed E-state index contributed by atoms with van der Waals surface area (Å²) in [6.45, 7) is 2.06. The number of aromatic nitrogens is 2. The Kier molecular flexibility index (Phi) is 2.78. The summed E-state index contributed by atoms with van der Waals surface area (Å²) in [5.41, 5.74) is -2.03. The molecule has 0 aliphatic carbocycles. The number of halogens is 3. The standard InChI is InChI=1S/C7H8F3N3O/c1-2-11-6-12-4(7(8,9)10)3-5(14)13-6/h3H,2H2,1H3,(H2,11,12,13,14). The summed E-state index contributed by atoms with van der Waals surface area (Å²) in [5.74, 6) is -0.174. The van der Waals surface area contributed by atoms with Crippen molar-refractivity contribution >= 4 is 5.95 Å². The smallest absolute Gasteiger partial charge is 0.356 e. The fourth-order valence-electron chi connectivity index (χ4n) is 0.854. The second-order valence-corrected chi connectivity index (χ2v) is 2.51. The third-order valence-corrected chi connectivity index (χ3v) is 1.38. The van der Waals surface area contributed by atoms with Crippen molar-refractivity contribution in [3.63, 3.8) is 0 Å². The molecule has 0 radical (unpaired) electrons. The summed E-state index contributed by atoms with van der Waals surface area (Å²) in [4.78, 5) is 16.1. The highest BCUT2D eigenvalue weighted by molar-refractivity contribution is 5.25. The lowest BCUT2D eigenvalue weighted by atomic mass is 10.4. The number of hydrogen-bond donors (Lipinski definition) is 2. The Labute approximate surface area is 77.2 Å². The highest BCUT2D eigenvalue weighted by Gasteiger charge is 2.33. The molecule has 0 spiro atoms. The molecule has 1 aromatic rings. The summed E-state index contributed by atoms with van der Waals surface area (Å²) < 4.78 is 36.4. The zero-order valence-electron chi connectivity index (χ0n) is 7.27. The zero-order valence-corrected chi connectivity index (χ0v) is 7.27. The normalized spacial score (nSPS) is 11.4. The van der Waals surface area contributed by atoms with Gasteiger partial charge < -0.3 is 5.32 Å². The maximum Gasteiger partial charge on any atom is 0.433 e. The van der Waals surface area contributed by atoms with E-state index in [-0.39, 0.29) is 5.95 Å². The van der Waals surface area contributed by atoms with Gasteiger partial charge in [-0.25, -0.2) is 4.98 Å². The lowest BCUT2D eigenvalue weighted by molar-refractivity contribution is -0.141. The summed E-state index contributed by atoms with van der Waals surface area (Å²) >= 11 is 0. The van der Waals surface area contributed by atoms with Gasteiger partial charge in [-0.2, -0.15) is 13.2 Å². The minimum Gasteiger partial charge on any atom is -0.356 e. The average molecular weight is 207 g/mol. The number of nitrogens with one attached hydrogen (secondary N) is 2. The Morgan fingerprint density at radius 2 is 2.21 bits per heavy atom. The van der Waals surface area contributed by atoms with Gasteiger partial charge in [0.25, 0.3) is 5.56 Å². The molecule has 0 aliphatic heterocycles. The highest BCUT2D eigenvalue weighted by atomic mass is 19.4. The fourth-order valence-corrected chi connectivity index (χ4v) is 0.854. The Balaban J connectivity index is 3.14. The number of aromatic amines is 1. The molecule has 0 amide bonds. The van der Waals surface area contributed by atoms with Gasteiger partial charge in [-0.1, -0.05) is 0 Å². The van der Waals surface area contributed by atoms with Gasteiger partial charge in [-0.3, -0.25) is 9.78 Å². The average Bonchev–Trinajstić information content (AvgIpc) is 2.02. The minimum absolute atomic E-state index is 0.174. The van der Waals surface area contributed by atoms with Crippen LogP contribution >= 0.6 is 0 Å². The molecule has 14 heavy (non-hydrogen) atoms. The van der Waals surface area contributed by atoms with Crippen molar-refractivity contribution in [3.05, 3.63) is 22.1 Å². The van der Waals surface area contributed by atoms with Gasteiger partial charge in [0.1, 0.15) is 0 Å². The Morgan fingerprint density at radius 1 is 1.57 bits per heavy atom. The van der Waals surface area contributed by atoms with Crippen molar-refractivity contribution in [2.75, 3.05) is 11.9 Å². The van der Waals surface area contributed by atoms with Crippen LogP contribution in [0, 0.1) is 0 Å². The summed E-state index contributed by atoms with van der Waals surface area (Å²) in [6.07, 6.45) is -4.60. The number of anilines is 1. The van der Waals surface area contributed by atoms with E-state index < -0.39 is 17.4 Å². The molecule has 0 unspecified atom stereocenters. The van der Waals surface area contributed by atoms with Crippen LogP contribution in [0.4, 0.5) is 19.1 Å². The first-order valence-corrected chi connectivity index (χ1v) is 3.86. The first-order chi connectivity index (χ1) is 6.43. The highest BCUT2D eigenvalue weighted by Crippen LogP contribution is 2.26. The lowest BCUT2D eigenvalue weighted by Crippen LogP contribution is -2.18. The van der Waals surface area contributed by atoms with Crippen molar-refractivity contribution in [1.82, 2.24) is 9.97 Å². The Hall–Kier alpha value is -1.53. The molecule has 0 saturated carbocycles. The molecule has 0 saturated heterocycles. The number of H-pyrrole nitrogens is 1. The quantitative estimate of drug-likeness (QED) is 0.766. The van der Waals surface area contributed by atoms with Crippen molar-refractivity contribution in [1.29, 1.82) is 0 Å². The van der Waals surface area contributed by atoms with E-state index in [0.29, 0.717) is 12.6 Å². The van der Waals surface area contributed by atoms with E-state index in [1.54, 1.807) is 6.92 Å². The van der Waals surface area contributed by atoms with E-state index in [4.69, 9.17) is 0 Å². The minimum atomic E-state index is -4.60. The van der Waals surface area contributed by atoms with Gasteiger partial charge >= 0.3 is 6.18 Å². The van der Waals surface area contributed by atoms with Gasteiger partial charge in [-0.15, -0.1) is 0 Å². The molecule has 0 aromatic carbocycles. The molecule has 78 valence electrons. The topological polar surface area (TPSA) is 57.8 Å². The van der Waals surface area contributed by atoms with Gasteiger partial charge in [-0.05, 0) is 6.92 Å². The molecular weight excluding hydrogens is 199 g/mol. The van der Waals surface area contributed by atoms with E-state index in [0.717, 1.165) is 0 Å². The maximum atomic E-state index is 12.1. The van der Waals surface area contributed by atoms with Crippen LogP contribution in [-0.2, 0) is 6.18 Å². The molecule has 1 heterocycles. The number of rotatable bonds is 2. The SMILES string of the molecule is CCNc1nc(C(F)(F)F)cc(=O)[nH]1. The number of nitrogens with zero attached hydrogens (tertiary/aromatic N) is 1. The van der Waals surface area contributed by atoms with Crippen LogP contribution in [-0.4, -0.2) is 16.5 Å². The third kappa shape index (κ3) is 2.48. The van der Waals surface area contributed by atoms with Crippen LogP contribution in [0.2, 0.25) is 0 Å². The van der Waals surface area contributed by atoms with Crippen LogP contribution in [0.1, 0.15) is 12.6 Å². The number of hydrogen-bond acceptors (Lipinski definition) is 3. The van der Waals surface area contributed by atoms with Gasteiger partial charge in [0.05, 0.1) is 0 Å². The van der Waals surface area contributed by atoms with Crippen molar-refractivity contribution in [2.45, 2.75) is 13.1 Å². The molecule has 0 fully saturated rings. The molecule has 2 N–H and O–H groups in total. The fraction of sp³-hybridized carbons (Fsp3) is 0.429. The molecule has 0 atom stereocenters. The van der Waals surface area contributed by atoms with Gasteiger partial charge in [0.2, 0.25) is 5.95 Å². The zero-order chi connectivity index (χ0) is 10.8. The first-order valence-electron chi connectivity index (χ1n) is 3.86. The van der Waals surface area contributed by atoms with Gasteiger partial charge in [0.15, 0.2) is 5.69 Å².